The van der Waals surface area contributed by atoms with E-state index in [4.69, 9.17) is 11.2 Å². The minimum Gasteiger partial charge on any atom is -0.373 e. The maximum atomic E-state index is 10.5. The van der Waals surface area contributed by atoms with Crippen molar-refractivity contribution in [2.24, 2.45) is 0 Å². The maximum absolute atomic E-state index is 10.5. The first-order valence-electron chi connectivity index (χ1n) is 8.61. The molecule has 0 amide bonds. The fourth-order valence-electron chi connectivity index (χ4n) is 2.33. The van der Waals surface area contributed by atoms with Gasteiger partial charge in [-0.3, -0.25) is 0 Å². The Hall–Kier alpha value is -1.03. The van der Waals surface area contributed by atoms with Gasteiger partial charge in [0.2, 0.25) is 0 Å². The molecule has 0 fully saturated rings. The summed E-state index contributed by atoms with van der Waals surface area (Å²) < 4.78 is 5.77. The van der Waals surface area contributed by atoms with E-state index in [1.807, 2.05) is 5.94 Å². The molecule has 1 unspecified atom stereocenters. The average Bonchev–Trinajstić information content (AvgIpc) is 2.49. The number of hydrogen-bond donors (Lipinski definition) is 0. The van der Waals surface area contributed by atoms with Crippen molar-refractivity contribution in [2.75, 3.05) is 6.61 Å². The Kier molecular flexibility index (Phi) is 16.2. The maximum Gasteiger partial charge on any atom is 0.122 e. The van der Waals surface area contributed by atoms with Crippen LogP contribution in [0.15, 0.2) is 6.08 Å². The molecule has 0 aliphatic heterocycles. The number of ether oxygens (including phenoxy) is 1. The van der Waals surface area contributed by atoms with Crippen molar-refractivity contribution in [1.29, 1.82) is 0 Å². The van der Waals surface area contributed by atoms with Gasteiger partial charge in [-0.05, 0) is 19.3 Å². The normalized spacial score (nSPS) is 11.6. The predicted octanol–water partition coefficient (Wildman–Crippen LogP) is 5.09. The van der Waals surface area contributed by atoms with Crippen molar-refractivity contribution < 1.29 is 9.53 Å². The van der Waals surface area contributed by atoms with Gasteiger partial charge in [0.1, 0.15) is 5.94 Å². The third-order valence-corrected chi connectivity index (χ3v) is 3.64. The van der Waals surface area contributed by atoms with Gasteiger partial charge < -0.3 is 4.74 Å². The summed E-state index contributed by atoms with van der Waals surface area (Å²) >= 11 is 0. The summed E-state index contributed by atoms with van der Waals surface area (Å²) in [4.78, 5) is 10.5. The van der Waals surface area contributed by atoms with Crippen molar-refractivity contribution in [3.05, 3.63) is 6.08 Å². The van der Waals surface area contributed by atoms with Gasteiger partial charge in [0.15, 0.2) is 0 Å². The molecule has 2 heteroatoms. The monoisotopic (exact) mass is 292 g/mol. The summed E-state index contributed by atoms with van der Waals surface area (Å²) in [5, 5.41) is 0. The fraction of sp³-hybridized carbons (Fsp3) is 0.789. The molecule has 120 valence electrons. The van der Waals surface area contributed by atoms with Gasteiger partial charge in [0.05, 0.1) is 6.10 Å². The summed E-state index contributed by atoms with van der Waals surface area (Å²) in [6.07, 6.45) is 20.6. The standard InChI is InChI=1S/C19H32O2/c1-3-5-7-9-10-12-14-18-21-19(16-17-20)15-13-11-8-6-4-2/h1,16,19H,4-15,18H2,2H3. The van der Waals surface area contributed by atoms with Crippen molar-refractivity contribution in [2.45, 2.75) is 90.1 Å². The minimum atomic E-state index is -0.0365. The first kappa shape index (κ1) is 20.0. The van der Waals surface area contributed by atoms with E-state index in [1.54, 1.807) is 0 Å². The van der Waals surface area contributed by atoms with Gasteiger partial charge in [-0.1, -0.05) is 58.3 Å². The lowest BCUT2D eigenvalue weighted by molar-refractivity contribution is 0.0751. The van der Waals surface area contributed by atoms with Gasteiger partial charge >= 0.3 is 0 Å². The van der Waals surface area contributed by atoms with E-state index in [1.165, 1.54) is 51.0 Å². The van der Waals surface area contributed by atoms with Crippen LogP contribution in [0.1, 0.15) is 84.0 Å². The Morgan fingerprint density at radius 3 is 2.38 bits per heavy atom. The summed E-state index contributed by atoms with van der Waals surface area (Å²) in [6, 6.07) is 0. The Balaban J connectivity index is 3.52. The molecule has 1 atom stereocenters. The van der Waals surface area contributed by atoms with E-state index >= 15 is 0 Å². The SMILES string of the molecule is C#CCCCCCCCOC(C=C=O)CCCCCCC. The van der Waals surface area contributed by atoms with Gasteiger partial charge in [0.25, 0.3) is 0 Å². The fourth-order valence-corrected chi connectivity index (χ4v) is 2.33. The second kappa shape index (κ2) is 17.0. The molecule has 0 rings (SSSR count). The zero-order valence-corrected chi connectivity index (χ0v) is 13.7. The van der Waals surface area contributed by atoms with Crippen molar-refractivity contribution in [1.82, 2.24) is 0 Å². The lowest BCUT2D eigenvalue weighted by Crippen LogP contribution is -2.11. The molecule has 2 nitrogen and oxygen atoms in total. The molecule has 0 aromatic carbocycles. The lowest BCUT2D eigenvalue weighted by atomic mass is 10.1. The third kappa shape index (κ3) is 15.2. The molecular formula is C19H32O2. The highest BCUT2D eigenvalue weighted by Crippen LogP contribution is 2.11. The van der Waals surface area contributed by atoms with Crippen LogP contribution in [-0.2, 0) is 9.53 Å². The van der Waals surface area contributed by atoms with Gasteiger partial charge in [-0.2, -0.15) is 0 Å². The lowest BCUT2D eigenvalue weighted by Gasteiger charge is -2.13. The Morgan fingerprint density at radius 2 is 1.67 bits per heavy atom. The minimum absolute atomic E-state index is 0.0365. The second-order valence-electron chi connectivity index (χ2n) is 5.62. The Labute approximate surface area is 131 Å². The molecule has 0 spiro atoms. The number of carbonyl (C=O) groups excluding carboxylic acids is 1. The van der Waals surface area contributed by atoms with E-state index in [2.05, 4.69) is 12.8 Å². The Morgan fingerprint density at radius 1 is 1.00 bits per heavy atom. The predicted molar refractivity (Wildman–Crippen MR) is 89.9 cm³/mol. The summed E-state index contributed by atoms with van der Waals surface area (Å²) in [6.45, 7) is 2.96. The quantitative estimate of drug-likeness (QED) is 0.239. The molecule has 0 bridgehead atoms. The van der Waals surface area contributed by atoms with E-state index in [0.717, 1.165) is 38.7 Å². The molecule has 0 heterocycles. The third-order valence-electron chi connectivity index (χ3n) is 3.64. The van der Waals surface area contributed by atoms with Crippen LogP contribution >= 0.6 is 0 Å². The summed E-state index contributed by atoms with van der Waals surface area (Å²) in [5.74, 6) is 4.54. The zero-order chi connectivity index (χ0) is 15.6. The molecule has 0 aliphatic carbocycles. The van der Waals surface area contributed by atoms with Crippen LogP contribution in [0, 0.1) is 12.3 Å². The van der Waals surface area contributed by atoms with Crippen LogP contribution in [0.2, 0.25) is 0 Å². The Bertz CT molecular complexity index is 297. The van der Waals surface area contributed by atoms with Crippen LogP contribution in [0.4, 0.5) is 0 Å². The van der Waals surface area contributed by atoms with E-state index in [0.29, 0.717) is 0 Å². The molecule has 0 aromatic rings. The number of terminal acetylenes is 1. The van der Waals surface area contributed by atoms with Crippen LogP contribution in [0.25, 0.3) is 0 Å². The highest BCUT2D eigenvalue weighted by atomic mass is 16.5. The number of rotatable bonds is 15. The second-order valence-corrected chi connectivity index (χ2v) is 5.62. The van der Waals surface area contributed by atoms with Crippen LogP contribution in [-0.4, -0.2) is 18.7 Å². The van der Waals surface area contributed by atoms with E-state index in [-0.39, 0.29) is 6.10 Å². The number of hydrogen-bond acceptors (Lipinski definition) is 2. The molecule has 0 radical (unpaired) electrons. The van der Waals surface area contributed by atoms with Crippen molar-refractivity contribution in [3.63, 3.8) is 0 Å². The van der Waals surface area contributed by atoms with Crippen LogP contribution in [0.5, 0.6) is 0 Å². The molecule has 0 saturated carbocycles. The van der Waals surface area contributed by atoms with E-state index in [9.17, 15) is 4.79 Å². The number of unbranched alkanes of at least 4 members (excludes halogenated alkanes) is 9. The summed E-state index contributed by atoms with van der Waals surface area (Å²) in [5.41, 5.74) is 0. The van der Waals surface area contributed by atoms with Gasteiger partial charge in [-0.15, -0.1) is 12.3 Å². The van der Waals surface area contributed by atoms with Crippen LogP contribution < -0.4 is 0 Å². The highest BCUT2D eigenvalue weighted by molar-refractivity contribution is 5.46. The first-order chi connectivity index (χ1) is 10.3. The molecular weight excluding hydrogens is 260 g/mol. The zero-order valence-electron chi connectivity index (χ0n) is 13.7. The molecule has 0 N–H and O–H groups in total. The molecule has 21 heavy (non-hydrogen) atoms. The van der Waals surface area contributed by atoms with Gasteiger partial charge in [-0.25, -0.2) is 4.79 Å². The van der Waals surface area contributed by atoms with Crippen molar-refractivity contribution in [3.8, 4) is 12.3 Å². The largest absolute Gasteiger partial charge is 0.373 e. The van der Waals surface area contributed by atoms with Gasteiger partial charge in [0, 0.05) is 19.1 Å². The molecule has 0 aromatic heterocycles. The first-order valence-corrected chi connectivity index (χ1v) is 8.61. The smallest absolute Gasteiger partial charge is 0.122 e. The highest BCUT2D eigenvalue weighted by Gasteiger charge is 2.05. The van der Waals surface area contributed by atoms with Crippen molar-refractivity contribution >= 4 is 5.94 Å². The topological polar surface area (TPSA) is 26.3 Å². The average molecular weight is 292 g/mol. The molecule has 0 saturated heterocycles. The van der Waals surface area contributed by atoms with E-state index < -0.39 is 0 Å². The van der Waals surface area contributed by atoms with Crippen LogP contribution in [0.3, 0.4) is 0 Å². The molecule has 0 aliphatic rings. The summed E-state index contributed by atoms with van der Waals surface area (Å²) in [7, 11) is 0.